The molecule has 0 N–H and O–H groups in total. The number of carbonyl (C=O) groups is 2. The molecule has 192 valence electrons. The first kappa shape index (κ1) is 26.1. The van der Waals surface area contributed by atoms with Gasteiger partial charge in [-0.2, -0.15) is 0 Å². The molecule has 1 unspecified atom stereocenters. The molecule has 0 bridgehead atoms. The minimum Gasteiger partial charge on any atom is -0.495 e. The minimum atomic E-state index is -0.189. The molecule has 0 radical (unpaired) electrons. The summed E-state index contributed by atoms with van der Waals surface area (Å²) in [5, 5.41) is -0.189. The molecule has 5 nitrogen and oxygen atoms in total. The molecule has 1 atom stereocenters. The molecule has 1 saturated heterocycles. The van der Waals surface area contributed by atoms with Crippen molar-refractivity contribution in [2.75, 3.05) is 29.2 Å². The Hall–Kier alpha value is -3.55. The summed E-state index contributed by atoms with van der Waals surface area (Å²) >= 11 is 5.05. The van der Waals surface area contributed by atoms with Crippen molar-refractivity contribution in [2.45, 2.75) is 11.8 Å². The molecule has 1 fully saturated rings. The van der Waals surface area contributed by atoms with E-state index in [-0.39, 0.29) is 17.2 Å². The molecule has 4 aromatic carbocycles. The minimum absolute atomic E-state index is 0.0350. The largest absolute Gasteiger partial charge is 0.495 e. The van der Waals surface area contributed by atoms with Crippen LogP contribution in [-0.4, -0.2) is 31.2 Å². The van der Waals surface area contributed by atoms with E-state index in [0.717, 1.165) is 33.4 Å². The molecule has 1 heterocycles. The highest BCUT2D eigenvalue weighted by atomic mass is 79.9. The standard InChI is InChI=1S/C31H27BrN2O3S/c1-37-28-10-6-5-9-27(28)34-29(35)21-38-31(34)24-15-13-23(14-16-24)30(36)33(26-7-3-2-4-8-26)20-19-22-11-17-25(32)18-12-22/h2-18,31H,19-21H2,1H3. The molecular weight excluding hydrogens is 560 g/mol. The molecule has 0 aromatic heterocycles. The number of amides is 2. The highest BCUT2D eigenvalue weighted by Crippen LogP contribution is 2.44. The van der Waals surface area contributed by atoms with E-state index in [1.165, 1.54) is 0 Å². The van der Waals surface area contributed by atoms with Gasteiger partial charge in [0.15, 0.2) is 0 Å². The highest BCUT2D eigenvalue weighted by Gasteiger charge is 2.35. The van der Waals surface area contributed by atoms with Crippen LogP contribution in [0, 0.1) is 0 Å². The second kappa shape index (κ2) is 11.9. The Morgan fingerprint density at radius 3 is 2.34 bits per heavy atom. The summed E-state index contributed by atoms with van der Waals surface area (Å²) in [5.41, 5.74) is 4.34. The summed E-state index contributed by atoms with van der Waals surface area (Å²) in [5.74, 6) is 1.02. The van der Waals surface area contributed by atoms with Crippen LogP contribution in [-0.2, 0) is 11.2 Å². The molecule has 0 saturated carbocycles. The van der Waals surface area contributed by atoms with E-state index in [2.05, 4.69) is 28.1 Å². The van der Waals surface area contributed by atoms with Crippen molar-refractivity contribution in [2.24, 2.45) is 0 Å². The van der Waals surface area contributed by atoms with Crippen molar-refractivity contribution in [3.05, 3.63) is 124 Å². The second-order valence-electron chi connectivity index (χ2n) is 8.89. The zero-order valence-corrected chi connectivity index (χ0v) is 23.3. The van der Waals surface area contributed by atoms with Gasteiger partial charge in [-0.25, -0.2) is 0 Å². The van der Waals surface area contributed by atoms with E-state index in [0.29, 0.717) is 23.6 Å². The van der Waals surface area contributed by atoms with Crippen molar-refractivity contribution in [1.82, 2.24) is 0 Å². The van der Waals surface area contributed by atoms with Gasteiger partial charge in [0, 0.05) is 22.3 Å². The van der Waals surface area contributed by atoms with Gasteiger partial charge in [0.1, 0.15) is 11.1 Å². The van der Waals surface area contributed by atoms with Crippen LogP contribution in [0.3, 0.4) is 0 Å². The van der Waals surface area contributed by atoms with Crippen molar-refractivity contribution < 1.29 is 14.3 Å². The fraction of sp³-hybridized carbons (Fsp3) is 0.161. The Kier molecular flexibility index (Phi) is 8.15. The molecule has 5 rings (SSSR count). The first-order chi connectivity index (χ1) is 18.5. The van der Waals surface area contributed by atoms with E-state index >= 15 is 0 Å². The van der Waals surface area contributed by atoms with Crippen molar-refractivity contribution in [3.63, 3.8) is 0 Å². The average molecular weight is 588 g/mol. The Balaban J connectivity index is 1.38. The number of hydrogen-bond donors (Lipinski definition) is 0. The van der Waals surface area contributed by atoms with Crippen molar-refractivity contribution in [3.8, 4) is 5.75 Å². The molecule has 2 amide bonds. The first-order valence-electron chi connectivity index (χ1n) is 12.3. The maximum atomic E-state index is 13.7. The predicted molar refractivity (Wildman–Crippen MR) is 158 cm³/mol. The van der Waals surface area contributed by atoms with Gasteiger partial charge in [0.05, 0.1) is 18.6 Å². The van der Waals surface area contributed by atoms with Crippen LogP contribution in [0.1, 0.15) is 26.9 Å². The number of anilines is 2. The lowest BCUT2D eigenvalue weighted by atomic mass is 10.1. The van der Waals surface area contributed by atoms with Crippen LogP contribution in [0.2, 0.25) is 0 Å². The first-order valence-corrected chi connectivity index (χ1v) is 14.2. The molecule has 38 heavy (non-hydrogen) atoms. The predicted octanol–water partition coefficient (Wildman–Crippen LogP) is 7.13. The van der Waals surface area contributed by atoms with Gasteiger partial charge in [-0.3, -0.25) is 14.5 Å². The third kappa shape index (κ3) is 5.64. The highest BCUT2D eigenvalue weighted by molar-refractivity contribution is 9.10. The van der Waals surface area contributed by atoms with Gasteiger partial charge in [0.2, 0.25) is 5.91 Å². The Morgan fingerprint density at radius 1 is 0.947 bits per heavy atom. The quantitative estimate of drug-likeness (QED) is 0.220. The lowest BCUT2D eigenvalue weighted by Crippen LogP contribution is -2.33. The monoisotopic (exact) mass is 586 g/mol. The summed E-state index contributed by atoms with van der Waals surface area (Å²) < 4.78 is 6.55. The number of methoxy groups -OCH3 is 1. The topological polar surface area (TPSA) is 49.9 Å². The Bertz CT molecular complexity index is 1410. The van der Waals surface area contributed by atoms with E-state index in [1.807, 2.05) is 95.9 Å². The number of hydrogen-bond acceptors (Lipinski definition) is 4. The lowest BCUT2D eigenvalue weighted by Gasteiger charge is -2.26. The van der Waals surface area contributed by atoms with Gasteiger partial charge < -0.3 is 9.64 Å². The number of benzene rings is 4. The van der Waals surface area contributed by atoms with Crippen LogP contribution >= 0.6 is 27.7 Å². The zero-order chi connectivity index (χ0) is 26.5. The molecule has 1 aliphatic rings. The van der Waals surface area contributed by atoms with Gasteiger partial charge in [-0.1, -0.05) is 70.5 Å². The van der Waals surface area contributed by atoms with E-state index in [1.54, 1.807) is 23.8 Å². The molecule has 1 aliphatic heterocycles. The number of ether oxygens (including phenoxy) is 1. The van der Waals surface area contributed by atoms with Crippen LogP contribution in [0.4, 0.5) is 11.4 Å². The number of para-hydroxylation sites is 3. The third-order valence-electron chi connectivity index (χ3n) is 6.51. The van der Waals surface area contributed by atoms with E-state index < -0.39 is 0 Å². The number of halogens is 1. The molecule has 0 aliphatic carbocycles. The zero-order valence-electron chi connectivity index (χ0n) is 20.9. The van der Waals surface area contributed by atoms with Gasteiger partial charge >= 0.3 is 0 Å². The van der Waals surface area contributed by atoms with Crippen LogP contribution in [0.15, 0.2) is 108 Å². The fourth-order valence-corrected chi connectivity index (χ4v) is 5.99. The number of rotatable bonds is 8. The van der Waals surface area contributed by atoms with Gasteiger partial charge in [-0.15, -0.1) is 11.8 Å². The Labute approximate surface area is 235 Å². The maximum Gasteiger partial charge on any atom is 0.258 e. The normalized spacial score (nSPS) is 14.9. The smallest absolute Gasteiger partial charge is 0.258 e. The molecule has 4 aromatic rings. The summed E-state index contributed by atoms with van der Waals surface area (Å²) in [6.07, 6.45) is 0.737. The average Bonchev–Trinajstić information content (AvgIpc) is 3.35. The summed E-state index contributed by atoms with van der Waals surface area (Å²) in [6, 6.07) is 33.1. The lowest BCUT2D eigenvalue weighted by molar-refractivity contribution is -0.115. The van der Waals surface area contributed by atoms with E-state index in [4.69, 9.17) is 4.74 Å². The van der Waals surface area contributed by atoms with Crippen molar-refractivity contribution >= 4 is 50.9 Å². The molecular formula is C31H27BrN2O3S. The second-order valence-corrected chi connectivity index (χ2v) is 10.9. The van der Waals surface area contributed by atoms with Crippen molar-refractivity contribution in [1.29, 1.82) is 0 Å². The van der Waals surface area contributed by atoms with Gasteiger partial charge in [-0.05, 0) is 66.1 Å². The van der Waals surface area contributed by atoms with Crippen LogP contribution in [0.25, 0.3) is 0 Å². The van der Waals surface area contributed by atoms with Gasteiger partial charge in [0.25, 0.3) is 5.91 Å². The van der Waals surface area contributed by atoms with Crippen LogP contribution < -0.4 is 14.5 Å². The molecule has 7 heteroatoms. The summed E-state index contributed by atoms with van der Waals surface area (Å²) in [7, 11) is 1.61. The summed E-state index contributed by atoms with van der Waals surface area (Å²) in [4.78, 5) is 30.2. The van der Waals surface area contributed by atoms with E-state index in [9.17, 15) is 9.59 Å². The summed E-state index contributed by atoms with van der Waals surface area (Å²) in [6.45, 7) is 0.556. The van der Waals surface area contributed by atoms with Crippen LogP contribution in [0.5, 0.6) is 5.75 Å². The Morgan fingerprint density at radius 2 is 1.63 bits per heavy atom. The number of thioether (sulfide) groups is 1. The third-order valence-corrected chi connectivity index (χ3v) is 8.25. The fourth-order valence-electron chi connectivity index (χ4n) is 4.55. The number of carbonyl (C=O) groups excluding carboxylic acids is 2. The number of nitrogens with zero attached hydrogens (tertiary/aromatic N) is 2. The molecule has 0 spiro atoms. The SMILES string of the molecule is COc1ccccc1N1C(=O)CSC1c1ccc(C(=O)N(CCc2ccc(Br)cc2)c2ccccc2)cc1. The maximum absolute atomic E-state index is 13.7.